The van der Waals surface area contributed by atoms with E-state index in [4.69, 9.17) is 4.55 Å². The van der Waals surface area contributed by atoms with E-state index < -0.39 is 15.9 Å². The summed E-state index contributed by atoms with van der Waals surface area (Å²) in [5, 5.41) is 2.39. The second kappa shape index (κ2) is 7.28. The number of carbonyl (C=O) groups excluding carboxylic acids is 1. The van der Waals surface area contributed by atoms with Crippen molar-refractivity contribution < 1.29 is 48.7 Å². The third kappa shape index (κ3) is 10.9. The van der Waals surface area contributed by atoms with Crippen LogP contribution >= 0.6 is 15.9 Å². The molecule has 0 aliphatic carbocycles. The molecule has 12 heavy (non-hydrogen) atoms. The normalized spacial score (nSPS) is 10.2. The molecule has 0 rings (SSSR count). The Bertz CT molecular complexity index is 234. The fourth-order valence-corrected chi connectivity index (χ4v) is 0.925. The molecule has 68 valence electrons. The van der Waals surface area contributed by atoms with E-state index in [0.29, 0.717) is 0 Å². The quantitative estimate of drug-likeness (QED) is 0.315. The average Bonchev–Trinajstić information content (AvgIpc) is 1.85. The summed E-state index contributed by atoms with van der Waals surface area (Å²) in [6.45, 7) is -0.0662. The summed E-state index contributed by atoms with van der Waals surface area (Å²) in [5.74, 6) is -0.764. The topological polar surface area (TPSA) is 83.5 Å². The zero-order chi connectivity index (χ0) is 8.91. The second-order valence-electron chi connectivity index (χ2n) is 1.77. The molecule has 0 atom stereocenters. The maximum atomic E-state index is 10.5. The molecule has 0 aliphatic heterocycles. The molecule has 0 saturated heterocycles. The number of nitrogens with one attached hydrogen (secondary N) is 1. The van der Waals surface area contributed by atoms with Crippen LogP contribution in [0.3, 0.4) is 0 Å². The van der Waals surface area contributed by atoms with E-state index in [1.807, 2.05) is 0 Å². The van der Waals surface area contributed by atoms with E-state index >= 15 is 0 Å². The zero-order valence-electron chi connectivity index (χ0n) is 7.58. The van der Waals surface area contributed by atoms with Gasteiger partial charge in [-0.25, -0.2) is 0 Å². The van der Waals surface area contributed by atoms with Crippen molar-refractivity contribution in [3.05, 3.63) is 0 Å². The first kappa shape index (κ1) is 15.3. The smallest absolute Gasteiger partial charge is 1.00 e. The van der Waals surface area contributed by atoms with Gasteiger partial charge in [-0.15, -0.1) is 0 Å². The molecular formula is C4H9BrNNaO4S. The molecule has 0 aromatic carbocycles. The predicted octanol–water partition coefficient (Wildman–Crippen LogP) is -3.50. The van der Waals surface area contributed by atoms with Crippen LogP contribution in [0.2, 0.25) is 0 Å². The summed E-state index contributed by atoms with van der Waals surface area (Å²) < 4.78 is 28.4. The zero-order valence-corrected chi connectivity index (χ0v) is 11.0. The minimum absolute atomic E-state index is 0. The van der Waals surface area contributed by atoms with Crippen LogP contribution in [0.15, 0.2) is 0 Å². The molecule has 2 N–H and O–H groups in total. The van der Waals surface area contributed by atoms with E-state index in [9.17, 15) is 13.2 Å². The van der Waals surface area contributed by atoms with Crippen LogP contribution in [0.1, 0.15) is 1.43 Å². The Labute approximate surface area is 103 Å². The fraction of sp³-hybridized carbons (Fsp3) is 0.750. The third-order valence-corrected chi connectivity index (χ3v) is 2.03. The number of alkyl halides is 1. The van der Waals surface area contributed by atoms with E-state index in [-0.39, 0.29) is 48.8 Å². The molecular weight excluding hydrogens is 261 g/mol. The van der Waals surface area contributed by atoms with Crippen LogP contribution in [0.25, 0.3) is 0 Å². The Kier molecular flexibility index (Phi) is 9.31. The van der Waals surface area contributed by atoms with Crippen molar-refractivity contribution in [2.45, 2.75) is 0 Å². The number of amides is 1. The number of carbonyl (C=O) groups is 1. The maximum Gasteiger partial charge on any atom is 1.00 e. The van der Waals surface area contributed by atoms with Crippen molar-refractivity contribution in [2.24, 2.45) is 0 Å². The SMILES string of the molecule is O=C(CBr)NCCS(=O)(=O)O.[H-].[Na+]. The molecule has 5 nitrogen and oxygen atoms in total. The van der Waals surface area contributed by atoms with Crippen LogP contribution in [-0.2, 0) is 14.9 Å². The molecule has 0 fully saturated rings. The van der Waals surface area contributed by atoms with Crippen molar-refractivity contribution in [3.8, 4) is 0 Å². The van der Waals surface area contributed by atoms with E-state index in [0.717, 1.165) is 0 Å². The van der Waals surface area contributed by atoms with Gasteiger partial charge in [0.15, 0.2) is 0 Å². The number of hydrogen-bond donors (Lipinski definition) is 2. The van der Waals surface area contributed by atoms with Crippen LogP contribution in [-0.4, -0.2) is 36.5 Å². The van der Waals surface area contributed by atoms with Gasteiger partial charge in [0.05, 0.1) is 11.1 Å². The largest absolute Gasteiger partial charge is 1.00 e. The molecule has 0 saturated carbocycles. The summed E-state index contributed by atoms with van der Waals surface area (Å²) in [4.78, 5) is 10.5. The van der Waals surface area contributed by atoms with Crippen molar-refractivity contribution in [1.82, 2.24) is 5.32 Å². The van der Waals surface area contributed by atoms with Crippen molar-refractivity contribution >= 4 is 32.0 Å². The van der Waals surface area contributed by atoms with Gasteiger partial charge < -0.3 is 6.74 Å². The first-order valence-electron chi connectivity index (χ1n) is 2.73. The molecule has 0 unspecified atom stereocenters. The molecule has 0 aromatic rings. The van der Waals surface area contributed by atoms with Gasteiger partial charge in [-0.1, -0.05) is 15.9 Å². The monoisotopic (exact) mass is 269 g/mol. The van der Waals surface area contributed by atoms with Gasteiger partial charge >= 0.3 is 29.6 Å². The van der Waals surface area contributed by atoms with Crippen LogP contribution in [0, 0.1) is 0 Å². The van der Waals surface area contributed by atoms with Gasteiger partial charge in [0.2, 0.25) is 5.91 Å². The van der Waals surface area contributed by atoms with Gasteiger partial charge in [0.25, 0.3) is 10.1 Å². The summed E-state index contributed by atoms with van der Waals surface area (Å²) >= 11 is 2.87. The van der Waals surface area contributed by atoms with Crippen LogP contribution < -0.4 is 34.9 Å². The molecule has 0 bridgehead atoms. The molecule has 0 aliphatic rings. The fourth-order valence-electron chi connectivity index (χ4n) is 0.367. The standard InChI is InChI=1S/C4H8BrNO4S.Na.H/c5-3-4(7)6-1-2-11(8,9)10;;/h1-3H2,(H,6,7)(H,8,9,10);;/q;+1;-1. The first-order chi connectivity index (χ1) is 4.95. The second-order valence-corrected chi connectivity index (χ2v) is 3.90. The summed E-state index contributed by atoms with van der Waals surface area (Å²) in [5.41, 5.74) is 0. The van der Waals surface area contributed by atoms with Gasteiger partial charge in [0, 0.05) is 6.54 Å². The number of halogens is 1. The van der Waals surface area contributed by atoms with E-state index in [1.165, 1.54) is 0 Å². The molecule has 0 heterocycles. The van der Waals surface area contributed by atoms with Gasteiger partial charge in [0.1, 0.15) is 0 Å². The van der Waals surface area contributed by atoms with Crippen molar-refractivity contribution in [3.63, 3.8) is 0 Å². The summed E-state index contributed by atoms with van der Waals surface area (Å²) in [7, 11) is -3.96. The van der Waals surface area contributed by atoms with Gasteiger partial charge in [-0.05, 0) is 0 Å². The molecule has 0 radical (unpaired) electrons. The number of rotatable bonds is 4. The Morgan fingerprint density at radius 3 is 2.42 bits per heavy atom. The molecule has 0 spiro atoms. The minimum atomic E-state index is -3.96. The predicted molar refractivity (Wildman–Crippen MR) is 44.3 cm³/mol. The van der Waals surface area contributed by atoms with Gasteiger partial charge in [-0.3, -0.25) is 9.35 Å². The minimum Gasteiger partial charge on any atom is -1.00 e. The Balaban J connectivity index is -0.000000500. The Morgan fingerprint density at radius 2 is 2.08 bits per heavy atom. The molecule has 0 aromatic heterocycles. The summed E-state index contributed by atoms with van der Waals surface area (Å²) in [6, 6.07) is 0. The van der Waals surface area contributed by atoms with Crippen molar-refractivity contribution in [2.75, 3.05) is 17.6 Å². The maximum absolute atomic E-state index is 10.5. The Morgan fingerprint density at radius 1 is 1.58 bits per heavy atom. The average molecular weight is 270 g/mol. The molecule has 8 heteroatoms. The van der Waals surface area contributed by atoms with E-state index in [1.54, 1.807) is 0 Å². The van der Waals surface area contributed by atoms with Crippen LogP contribution in [0.5, 0.6) is 0 Å². The number of hydrogen-bond acceptors (Lipinski definition) is 3. The third-order valence-electron chi connectivity index (χ3n) is 0.804. The van der Waals surface area contributed by atoms with E-state index in [2.05, 4.69) is 21.2 Å². The van der Waals surface area contributed by atoms with Crippen LogP contribution in [0.4, 0.5) is 0 Å². The molecule has 1 amide bonds. The van der Waals surface area contributed by atoms with Gasteiger partial charge in [-0.2, -0.15) is 8.42 Å². The Hall–Kier alpha value is 0.860. The summed E-state index contributed by atoms with van der Waals surface area (Å²) in [6.07, 6.45) is 0. The van der Waals surface area contributed by atoms with Crippen molar-refractivity contribution in [1.29, 1.82) is 0 Å². The first-order valence-corrected chi connectivity index (χ1v) is 5.46.